The van der Waals surface area contributed by atoms with Crippen molar-refractivity contribution in [3.63, 3.8) is 0 Å². The molecule has 0 unspecified atom stereocenters. The van der Waals surface area contributed by atoms with E-state index in [9.17, 15) is 0 Å². The van der Waals surface area contributed by atoms with E-state index in [0.29, 0.717) is 0 Å². The summed E-state index contributed by atoms with van der Waals surface area (Å²) in [5.74, 6) is 0.875. The van der Waals surface area contributed by atoms with Gasteiger partial charge in [-0.2, -0.15) is 5.10 Å². The van der Waals surface area contributed by atoms with Crippen molar-refractivity contribution in [2.45, 2.75) is 46.1 Å². The van der Waals surface area contributed by atoms with E-state index >= 15 is 0 Å². The molecule has 2 N–H and O–H groups in total. The highest BCUT2D eigenvalue weighted by atomic mass is 127. The summed E-state index contributed by atoms with van der Waals surface area (Å²) in [6, 6.07) is 2.11. The van der Waals surface area contributed by atoms with Crippen molar-refractivity contribution in [2.75, 3.05) is 33.9 Å². The summed E-state index contributed by atoms with van der Waals surface area (Å²) in [6.07, 6.45) is 4.45. The Morgan fingerprint density at radius 1 is 1.17 bits per heavy atom. The normalized spacial score (nSPS) is 11.2. The number of aliphatic imine (C=N–C) groups is 1. The second kappa shape index (κ2) is 13.6. The molecule has 0 aliphatic carbocycles. The number of nitrogens with zero attached hydrogens (tertiary/aromatic N) is 3. The molecule has 0 aromatic carbocycles. The van der Waals surface area contributed by atoms with Crippen molar-refractivity contribution < 1.29 is 4.74 Å². The standard InChI is InChI=1S/C16H31N5O.HI/c1-14-13-15(2)21(20-14)11-8-10-19-16(17-3)18-9-6-5-7-12-22-4;/h13H,5-12H2,1-4H3,(H2,17,18,19);1H. The zero-order valence-electron chi connectivity index (χ0n) is 14.9. The molecule has 0 atom stereocenters. The van der Waals surface area contributed by atoms with E-state index in [0.717, 1.165) is 57.2 Å². The molecular formula is C16H32IN5O. The fourth-order valence-corrected chi connectivity index (χ4v) is 2.31. The number of ether oxygens (including phenoxy) is 1. The summed E-state index contributed by atoms with van der Waals surface area (Å²) >= 11 is 0. The van der Waals surface area contributed by atoms with Crippen LogP contribution in [-0.2, 0) is 11.3 Å². The topological polar surface area (TPSA) is 63.5 Å². The van der Waals surface area contributed by atoms with Crippen LogP contribution < -0.4 is 10.6 Å². The minimum atomic E-state index is 0. The lowest BCUT2D eigenvalue weighted by Crippen LogP contribution is -2.38. The number of nitrogens with one attached hydrogen (secondary N) is 2. The van der Waals surface area contributed by atoms with Crippen molar-refractivity contribution >= 4 is 29.9 Å². The Labute approximate surface area is 157 Å². The molecule has 1 heterocycles. The van der Waals surface area contributed by atoms with Gasteiger partial charge in [-0.1, -0.05) is 0 Å². The van der Waals surface area contributed by atoms with Crippen LogP contribution in [0.25, 0.3) is 0 Å². The van der Waals surface area contributed by atoms with Gasteiger partial charge in [0.1, 0.15) is 0 Å². The molecule has 0 saturated heterocycles. The number of hydrogen-bond acceptors (Lipinski definition) is 3. The van der Waals surface area contributed by atoms with Gasteiger partial charge in [0.2, 0.25) is 0 Å². The predicted octanol–water partition coefficient (Wildman–Crippen LogP) is 2.49. The predicted molar refractivity (Wildman–Crippen MR) is 107 cm³/mol. The third kappa shape index (κ3) is 9.80. The van der Waals surface area contributed by atoms with Gasteiger partial charge in [0.15, 0.2) is 5.96 Å². The molecule has 1 aromatic heterocycles. The molecular weight excluding hydrogens is 405 g/mol. The first kappa shape index (κ1) is 22.2. The fourth-order valence-electron chi connectivity index (χ4n) is 2.31. The average molecular weight is 437 g/mol. The summed E-state index contributed by atoms with van der Waals surface area (Å²) in [5.41, 5.74) is 2.30. The lowest BCUT2D eigenvalue weighted by molar-refractivity contribution is 0.192. The third-order valence-corrected chi connectivity index (χ3v) is 3.48. The smallest absolute Gasteiger partial charge is 0.190 e. The Kier molecular flexibility index (Phi) is 13.1. The summed E-state index contributed by atoms with van der Waals surface area (Å²) in [7, 11) is 3.55. The van der Waals surface area contributed by atoms with Crippen LogP contribution in [0, 0.1) is 13.8 Å². The van der Waals surface area contributed by atoms with E-state index in [1.54, 1.807) is 14.2 Å². The molecule has 0 fully saturated rings. The lowest BCUT2D eigenvalue weighted by Gasteiger charge is -2.12. The number of aryl methyl sites for hydroxylation is 3. The van der Waals surface area contributed by atoms with E-state index in [4.69, 9.17) is 4.74 Å². The highest BCUT2D eigenvalue weighted by molar-refractivity contribution is 14.0. The first-order valence-corrected chi connectivity index (χ1v) is 8.12. The van der Waals surface area contributed by atoms with Gasteiger partial charge in [0.05, 0.1) is 5.69 Å². The van der Waals surface area contributed by atoms with Crippen LogP contribution in [0.4, 0.5) is 0 Å². The first-order valence-electron chi connectivity index (χ1n) is 8.12. The summed E-state index contributed by atoms with van der Waals surface area (Å²) in [5, 5.41) is 11.1. The Hall–Kier alpha value is -0.830. The Morgan fingerprint density at radius 2 is 1.87 bits per heavy atom. The minimum Gasteiger partial charge on any atom is -0.385 e. The summed E-state index contributed by atoms with van der Waals surface area (Å²) in [4.78, 5) is 4.24. The molecule has 1 aromatic rings. The molecule has 134 valence electrons. The van der Waals surface area contributed by atoms with Crippen molar-refractivity contribution in [3.8, 4) is 0 Å². The number of halogens is 1. The molecule has 0 saturated carbocycles. The number of unbranched alkanes of at least 4 members (excludes halogenated alkanes) is 2. The number of hydrogen-bond donors (Lipinski definition) is 2. The number of guanidine groups is 1. The van der Waals surface area contributed by atoms with Crippen molar-refractivity contribution in [1.82, 2.24) is 20.4 Å². The van der Waals surface area contributed by atoms with E-state index < -0.39 is 0 Å². The van der Waals surface area contributed by atoms with Crippen molar-refractivity contribution in [2.24, 2.45) is 4.99 Å². The quantitative estimate of drug-likeness (QED) is 0.256. The van der Waals surface area contributed by atoms with Gasteiger partial charge in [0, 0.05) is 46.1 Å². The molecule has 0 aliphatic heterocycles. The molecule has 6 nitrogen and oxygen atoms in total. The lowest BCUT2D eigenvalue weighted by atomic mass is 10.2. The molecule has 0 bridgehead atoms. The fraction of sp³-hybridized carbons (Fsp3) is 0.750. The van der Waals surface area contributed by atoms with E-state index in [1.807, 2.05) is 6.92 Å². The van der Waals surface area contributed by atoms with Gasteiger partial charge in [-0.3, -0.25) is 9.67 Å². The maximum absolute atomic E-state index is 5.04. The van der Waals surface area contributed by atoms with Crippen LogP contribution in [0.3, 0.4) is 0 Å². The zero-order chi connectivity index (χ0) is 16.2. The van der Waals surface area contributed by atoms with E-state index in [1.165, 1.54) is 12.1 Å². The third-order valence-electron chi connectivity index (χ3n) is 3.48. The number of aromatic nitrogens is 2. The second-order valence-electron chi connectivity index (χ2n) is 5.48. The Bertz CT molecular complexity index is 448. The van der Waals surface area contributed by atoms with Crippen LogP contribution in [0.2, 0.25) is 0 Å². The minimum absolute atomic E-state index is 0. The highest BCUT2D eigenvalue weighted by Crippen LogP contribution is 2.02. The Morgan fingerprint density at radius 3 is 2.43 bits per heavy atom. The molecule has 23 heavy (non-hydrogen) atoms. The summed E-state index contributed by atoms with van der Waals surface area (Å²) < 4.78 is 7.10. The van der Waals surface area contributed by atoms with Crippen LogP contribution >= 0.6 is 24.0 Å². The van der Waals surface area contributed by atoms with Crippen LogP contribution in [-0.4, -0.2) is 49.6 Å². The highest BCUT2D eigenvalue weighted by Gasteiger charge is 2.01. The van der Waals surface area contributed by atoms with Gasteiger partial charge in [-0.15, -0.1) is 24.0 Å². The van der Waals surface area contributed by atoms with Crippen LogP contribution in [0.15, 0.2) is 11.1 Å². The molecule has 0 amide bonds. The molecule has 7 heteroatoms. The van der Waals surface area contributed by atoms with Gasteiger partial charge in [0.25, 0.3) is 0 Å². The first-order chi connectivity index (χ1) is 10.7. The van der Waals surface area contributed by atoms with Crippen molar-refractivity contribution in [1.29, 1.82) is 0 Å². The summed E-state index contributed by atoms with van der Waals surface area (Å²) in [6.45, 7) is 7.74. The van der Waals surface area contributed by atoms with Gasteiger partial charge in [-0.05, 0) is 45.6 Å². The van der Waals surface area contributed by atoms with Crippen molar-refractivity contribution in [3.05, 3.63) is 17.5 Å². The van der Waals surface area contributed by atoms with Gasteiger partial charge >= 0.3 is 0 Å². The zero-order valence-corrected chi connectivity index (χ0v) is 17.2. The number of methoxy groups -OCH3 is 1. The SMILES string of the molecule is CN=C(NCCCCCOC)NCCCn1nc(C)cc1C.I. The van der Waals surface area contributed by atoms with E-state index in [-0.39, 0.29) is 24.0 Å². The van der Waals surface area contributed by atoms with Gasteiger partial charge < -0.3 is 15.4 Å². The largest absolute Gasteiger partial charge is 0.385 e. The maximum atomic E-state index is 5.04. The average Bonchev–Trinajstić information content (AvgIpc) is 2.82. The van der Waals surface area contributed by atoms with Crippen LogP contribution in [0.5, 0.6) is 0 Å². The molecule has 0 radical (unpaired) electrons. The molecule has 1 rings (SSSR count). The van der Waals surface area contributed by atoms with Crippen LogP contribution in [0.1, 0.15) is 37.1 Å². The second-order valence-corrected chi connectivity index (χ2v) is 5.48. The maximum Gasteiger partial charge on any atom is 0.190 e. The Balaban J connectivity index is 0.00000484. The monoisotopic (exact) mass is 437 g/mol. The molecule has 0 spiro atoms. The van der Waals surface area contributed by atoms with E-state index in [2.05, 4.69) is 38.4 Å². The number of rotatable bonds is 10. The molecule has 0 aliphatic rings. The van der Waals surface area contributed by atoms with Gasteiger partial charge in [-0.25, -0.2) is 0 Å².